The monoisotopic (exact) mass is 594 g/mol. The van der Waals surface area contributed by atoms with Crippen molar-refractivity contribution < 1.29 is 18.7 Å². The molecule has 2 N–H and O–H groups in total. The molecule has 0 amide bonds. The van der Waals surface area contributed by atoms with E-state index in [1.54, 1.807) is 5.01 Å². The Morgan fingerprint density at radius 3 is 2.38 bits per heavy atom. The highest BCUT2D eigenvalue weighted by atomic mass is 35.5. The zero-order chi connectivity index (χ0) is 30.1. The van der Waals surface area contributed by atoms with E-state index < -0.39 is 0 Å². The van der Waals surface area contributed by atoms with Gasteiger partial charge in [-0.2, -0.15) is 0 Å². The molecule has 3 aromatic rings. The highest BCUT2D eigenvalue weighted by Crippen LogP contribution is 2.37. The highest BCUT2D eigenvalue weighted by molar-refractivity contribution is 6.30. The Morgan fingerprint density at radius 1 is 1.00 bits per heavy atom. The van der Waals surface area contributed by atoms with Gasteiger partial charge in [0.05, 0.1) is 11.7 Å². The number of piperidine rings is 1. The molecule has 5 rings (SSSR count). The predicted octanol–water partition coefficient (Wildman–Crippen LogP) is 6.33. The molecule has 2 aliphatic heterocycles. The molecule has 2 aliphatic rings. The van der Waals surface area contributed by atoms with E-state index in [2.05, 4.69) is 59.0 Å². The van der Waals surface area contributed by atoms with Crippen LogP contribution in [0.25, 0.3) is 5.57 Å². The molecule has 2 atom stereocenters. The molecule has 0 radical (unpaired) electrons. The van der Waals surface area contributed by atoms with Crippen LogP contribution in [0, 0.1) is 5.82 Å². The van der Waals surface area contributed by atoms with E-state index in [0.29, 0.717) is 18.3 Å². The number of anilines is 1. The fraction of sp³-hybridized carbons (Fsp3) is 0.364. The van der Waals surface area contributed by atoms with E-state index in [0.717, 1.165) is 41.6 Å². The van der Waals surface area contributed by atoms with E-state index in [-0.39, 0.29) is 11.9 Å². The summed E-state index contributed by atoms with van der Waals surface area (Å²) in [6, 6.07) is 20.4. The number of benzene rings is 3. The van der Waals surface area contributed by atoms with E-state index in [1.165, 1.54) is 61.2 Å². The summed E-state index contributed by atoms with van der Waals surface area (Å²) in [5.41, 5.74) is 4.64. The largest absolute Gasteiger partial charge is 0.492 e. The van der Waals surface area contributed by atoms with Gasteiger partial charge in [0.25, 0.3) is 6.47 Å². The summed E-state index contributed by atoms with van der Waals surface area (Å²) < 4.78 is 22.7. The molecule has 7 nitrogen and oxygen atoms in total. The minimum Gasteiger partial charge on any atom is -0.492 e. The summed E-state index contributed by atoms with van der Waals surface area (Å²) in [6.07, 6.45) is 7.12. The lowest BCUT2D eigenvalue weighted by atomic mass is 9.91. The number of likely N-dealkylation sites (tertiary alicyclic amines) is 1. The first-order valence-corrected chi connectivity index (χ1v) is 14.6. The number of nitrogens with zero attached hydrogens (tertiary/aromatic N) is 3. The fourth-order valence-corrected chi connectivity index (χ4v) is 5.53. The molecule has 3 aromatic carbocycles. The fourth-order valence-electron chi connectivity index (χ4n) is 5.36. The van der Waals surface area contributed by atoms with Crippen molar-refractivity contribution in [1.29, 1.82) is 0 Å². The summed E-state index contributed by atoms with van der Waals surface area (Å²) in [6.45, 7) is 3.20. The number of rotatable bonds is 8. The van der Waals surface area contributed by atoms with Crippen molar-refractivity contribution in [3.63, 3.8) is 0 Å². The Morgan fingerprint density at radius 2 is 1.71 bits per heavy atom. The molecular formula is C33H40ClFN4O3. The maximum Gasteiger partial charge on any atom is 0.298 e. The van der Waals surface area contributed by atoms with Crippen LogP contribution < -0.4 is 20.3 Å². The minimum atomic E-state index is -0.349. The van der Waals surface area contributed by atoms with Gasteiger partial charge in [-0.15, -0.1) is 0 Å². The average molecular weight is 595 g/mol. The number of carbonyl (C=O) groups is 1. The summed E-state index contributed by atoms with van der Waals surface area (Å²) in [7, 11) is 6.24. The number of hydrazine groups is 1. The molecule has 42 heavy (non-hydrogen) atoms. The smallest absolute Gasteiger partial charge is 0.298 e. The Bertz CT molecular complexity index is 1330. The lowest BCUT2D eigenvalue weighted by Gasteiger charge is -2.33. The second kappa shape index (κ2) is 15.2. The van der Waals surface area contributed by atoms with E-state index in [9.17, 15) is 9.18 Å². The number of hydrogen-bond donors (Lipinski definition) is 1. The molecule has 1 saturated heterocycles. The van der Waals surface area contributed by atoms with Gasteiger partial charge < -0.3 is 19.4 Å². The maximum atomic E-state index is 12.2. The standard InChI is InChI=1S/C26H35ClN4O.C7H5FO2/c1-29-14-5-4-6-22(29)18-32-23-10-7-19(8-11-23)26-16-20(13-15-30(26)2)24-17-21(27)9-12-25(24)31(3)28;8-6-1-3-7(4-2-6)10-5-9/h7-12,16-17,22,26H,4-6,13-15,18,28H2,1-3H3;1-5H. The van der Waals surface area contributed by atoms with Crippen LogP contribution in [0.5, 0.6) is 11.5 Å². The molecule has 0 aliphatic carbocycles. The number of halogens is 2. The van der Waals surface area contributed by atoms with Gasteiger partial charge in [0.15, 0.2) is 0 Å². The number of carbonyl (C=O) groups excluding carboxylic acids is 1. The van der Waals surface area contributed by atoms with Crippen molar-refractivity contribution >= 4 is 29.3 Å². The number of nitrogens with two attached hydrogens (primary N) is 1. The Kier molecular flexibility index (Phi) is 11.4. The molecular weight excluding hydrogens is 555 g/mol. The van der Waals surface area contributed by atoms with Crippen LogP contribution in [-0.2, 0) is 4.79 Å². The zero-order valence-corrected chi connectivity index (χ0v) is 25.3. The van der Waals surface area contributed by atoms with Gasteiger partial charge in [0.1, 0.15) is 23.9 Å². The average Bonchev–Trinajstić information content (AvgIpc) is 2.99. The molecule has 0 saturated carbocycles. The topological polar surface area (TPSA) is 71.3 Å². The van der Waals surface area contributed by atoms with Gasteiger partial charge in [0, 0.05) is 30.2 Å². The highest BCUT2D eigenvalue weighted by Gasteiger charge is 2.23. The Labute approximate surface area is 253 Å². The molecule has 0 aromatic heterocycles. The summed E-state index contributed by atoms with van der Waals surface area (Å²) >= 11 is 6.32. The molecule has 9 heteroatoms. The van der Waals surface area contributed by atoms with Gasteiger partial charge in [-0.05, 0) is 106 Å². The van der Waals surface area contributed by atoms with E-state index >= 15 is 0 Å². The molecule has 2 heterocycles. The third-order valence-corrected chi connectivity index (χ3v) is 8.07. The quantitative estimate of drug-likeness (QED) is 0.185. The normalized spacial score (nSPS) is 19.2. The SMILES string of the molecule is CN(N)c1ccc(Cl)cc1C1=CC(c2ccc(OCC3CCCCN3C)cc2)N(C)CC1.O=COc1ccc(F)cc1. The van der Waals surface area contributed by atoms with Crippen LogP contribution in [0.2, 0.25) is 5.02 Å². The van der Waals surface area contributed by atoms with Gasteiger partial charge in [0.2, 0.25) is 0 Å². The van der Waals surface area contributed by atoms with Crippen LogP contribution in [0.4, 0.5) is 10.1 Å². The molecule has 0 spiro atoms. The van der Waals surface area contributed by atoms with Crippen molar-refractivity contribution in [3.8, 4) is 11.5 Å². The van der Waals surface area contributed by atoms with Crippen molar-refractivity contribution in [2.24, 2.45) is 5.84 Å². The van der Waals surface area contributed by atoms with Crippen LogP contribution in [-0.4, -0.2) is 63.2 Å². The molecule has 2 unspecified atom stereocenters. The lowest BCUT2D eigenvalue weighted by Crippen LogP contribution is -2.40. The first-order chi connectivity index (χ1) is 20.2. The third-order valence-electron chi connectivity index (χ3n) is 7.84. The van der Waals surface area contributed by atoms with Gasteiger partial charge in [-0.1, -0.05) is 36.2 Å². The van der Waals surface area contributed by atoms with E-state index in [4.69, 9.17) is 22.2 Å². The first-order valence-electron chi connectivity index (χ1n) is 14.2. The van der Waals surface area contributed by atoms with Crippen molar-refractivity contribution in [3.05, 3.63) is 94.8 Å². The van der Waals surface area contributed by atoms with Crippen LogP contribution in [0.1, 0.15) is 42.9 Å². The summed E-state index contributed by atoms with van der Waals surface area (Å²) in [4.78, 5) is 14.5. The van der Waals surface area contributed by atoms with Crippen molar-refractivity contribution in [2.45, 2.75) is 37.8 Å². The van der Waals surface area contributed by atoms with Gasteiger partial charge in [-0.3, -0.25) is 9.69 Å². The number of likely N-dealkylation sites (N-methyl/N-ethyl adjacent to an activating group) is 2. The zero-order valence-electron chi connectivity index (χ0n) is 24.5. The second-order valence-corrected chi connectivity index (χ2v) is 11.3. The predicted molar refractivity (Wildman–Crippen MR) is 167 cm³/mol. The van der Waals surface area contributed by atoms with E-state index in [1.807, 2.05) is 25.2 Å². The third kappa shape index (κ3) is 8.55. The summed E-state index contributed by atoms with van der Waals surface area (Å²) in [5, 5.41) is 2.39. The first kappa shape index (κ1) is 31.5. The van der Waals surface area contributed by atoms with Gasteiger partial charge in [-0.25, -0.2) is 10.2 Å². The van der Waals surface area contributed by atoms with Crippen LogP contribution in [0.3, 0.4) is 0 Å². The van der Waals surface area contributed by atoms with Crippen molar-refractivity contribution in [1.82, 2.24) is 9.80 Å². The van der Waals surface area contributed by atoms with Crippen LogP contribution in [0.15, 0.2) is 72.8 Å². The molecule has 0 bridgehead atoms. The Balaban J connectivity index is 0.000000343. The number of ether oxygens (including phenoxy) is 2. The lowest BCUT2D eigenvalue weighted by molar-refractivity contribution is -0.120. The number of hydrogen-bond acceptors (Lipinski definition) is 7. The van der Waals surface area contributed by atoms with Crippen LogP contribution >= 0.6 is 11.6 Å². The molecule has 1 fully saturated rings. The summed E-state index contributed by atoms with van der Waals surface area (Å²) in [5.74, 6) is 7.02. The Hall–Kier alpha value is -3.43. The second-order valence-electron chi connectivity index (χ2n) is 10.8. The van der Waals surface area contributed by atoms with Gasteiger partial charge >= 0.3 is 0 Å². The maximum absolute atomic E-state index is 12.2. The molecule has 224 valence electrons. The van der Waals surface area contributed by atoms with Crippen molar-refractivity contribution in [2.75, 3.05) is 45.8 Å². The minimum absolute atomic E-state index is 0.201.